The molecule has 0 fully saturated rings. The Kier molecular flexibility index (Phi) is 3.53. The molecule has 1 aromatic heterocycles. The van der Waals surface area contributed by atoms with Crippen LogP contribution in [0.3, 0.4) is 0 Å². The van der Waals surface area contributed by atoms with Gasteiger partial charge in [0.25, 0.3) is 5.91 Å². The predicted octanol–water partition coefficient (Wildman–Crippen LogP) is 2.15. The second-order valence-electron chi connectivity index (χ2n) is 3.84. The Morgan fingerprint density at radius 2 is 2.28 bits per heavy atom. The van der Waals surface area contributed by atoms with E-state index in [4.69, 9.17) is 21.9 Å². The van der Waals surface area contributed by atoms with Gasteiger partial charge in [0.2, 0.25) is 0 Å². The quantitative estimate of drug-likeness (QED) is 0.833. The molecule has 0 saturated heterocycles. The van der Waals surface area contributed by atoms with E-state index in [-0.39, 0.29) is 12.5 Å². The highest BCUT2D eigenvalue weighted by atomic mass is 35.5. The largest absolute Gasteiger partial charge is 0.398 e. The van der Waals surface area contributed by atoms with Crippen molar-refractivity contribution in [2.24, 2.45) is 0 Å². The number of benzene rings is 1. The number of hydrogen-bond acceptors (Lipinski definition) is 4. The fourth-order valence-electron chi connectivity index (χ4n) is 1.51. The van der Waals surface area contributed by atoms with Gasteiger partial charge in [-0.15, -0.1) is 0 Å². The molecular formula is C12H12ClN3O2. The van der Waals surface area contributed by atoms with Gasteiger partial charge < -0.3 is 15.6 Å². The number of aromatic nitrogens is 1. The Labute approximate surface area is 109 Å². The summed E-state index contributed by atoms with van der Waals surface area (Å²) in [4.78, 5) is 11.9. The second kappa shape index (κ2) is 5.10. The molecular weight excluding hydrogens is 254 g/mol. The van der Waals surface area contributed by atoms with Crippen molar-refractivity contribution in [3.05, 3.63) is 46.3 Å². The molecule has 3 N–H and O–H groups in total. The maximum absolute atomic E-state index is 11.9. The normalized spacial score (nSPS) is 10.3. The molecule has 2 aromatic rings. The van der Waals surface area contributed by atoms with Gasteiger partial charge in [0, 0.05) is 16.8 Å². The summed E-state index contributed by atoms with van der Waals surface area (Å²) >= 11 is 5.76. The van der Waals surface area contributed by atoms with Crippen molar-refractivity contribution in [1.82, 2.24) is 10.5 Å². The Morgan fingerprint density at radius 3 is 2.89 bits per heavy atom. The number of halogens is 1. The molecule has 2 rings (SSSR count). The minimum absolute atomic E-state index is 0.273. The van der Waals surface area contributed by atoms with Crippen LogP contribution in [0.15, 0.2) is 28.8 Å². The predicted molar refractivity (Wildman–Crippen MR) is 68.3 cm³/mol. The van der Waals surface area contributed by atoms with Crippen LogP contribution >= 0.6 is 11.6 Å². The molecule has 0 saturated carbocycles. The number of amides is 1. The topological polar surface area (TPSA) is 81.2 Å². The van der Waals surface area contributed by atoms with Crippen molar-refractivity contribution in [1.29, 1.82) is 0 Å². The van der Waals surface area contributed by atoms with E-state index in [0.717, 1.165) is 0 Å². The molecule has 0 aliphatic carbocycles. The van der Waals surface area contributed by atoms with Gasteiger partial charge in [-0.1, -0.05) is 16.8 Å². The highest BCUT2D eigenvalue weighted by molar-refractivity contribution is 6.31. The molecule has 18 heavy (non-hydrogen) atoms. The van der Waals surface area contributed by atoms with E-state index in [2.05, 4.69) is 10.5 Å². The number of rotatable bonds is 3. The third-order valence-electron chi connectivity index (χ3n) is 2.37. The number of carbonyl (C=O) groups is 1. The Morgan fingerprint density at radius 1 is 1.50 bits per heavy atom. The minimum atomic E-state index is -0.273. The number of nitrogens with one attached hydrogen (secondary N) is 1. The first-order valence-electron chi connectivity index (χ1n) is 5.31. The van der Waals surface area contributed by atoms with Crippen LogP contribution in [0.4, 0.5) is 5.69 Å². The maximum atomic E-state index is 11.9. The minimum Gasteiger partial charge on any atom is -0.398 e. The van der Waals surface area contributed by atoms with Gasteiger partial charge in [-0.3, -0.25) is 4.79 Å². The van der Waals surface area contributed by atoms with Crippen molar-refractivity contribution in [2.75, 3.05) is 5.73 Å². The van der Waals surface area contributed by atoms with Crippen LogP contribution in [0.25, 0.3) is 0 Å². The van der Waals surface area contributed by atoms with Gasteiger partial charge in [-0.25, -0.2) is 0 Å². The van der Waals surface area contributed by atoms with E-state index in [9.17, 15) is 4.79 Å². The number of carbonyl (C=O) groups excluding carboxylic acids is 1. The third kappa shape index (κ3) is 2.81. The molecule has 0 bridgehead atoms. The van der Waals surface area contributed by atoms with Crippen LogP contribution in [-0.2, 0) is 6.54 Å². The molecule has 0 aliphatic rings. The second-order valence-corrected chi connectivity index (χ2v) is 4.28. The lowest BCUT2D eigenvalue weighted by Crippen LogP contribution is -2.23. The first kappa shape index (κ1) is 12.4. The molecule has 0 radical (unpaired) electrons. The fourth-order valence-corrected chi connectivity index (χ4v) is 1.69. The summed E-state index contributed by atoms with van der Waals surface area (Å²) in [6.07, 6.45) is 0. The summed E-state index contributed by atoms with van der Waals surface area (Å²) in [5.41, 5.74) is 7.11. The summed E-state index contributed by atoms with van der Waals surface area (Å²) in [5.74, 6) is 0.426. The van der Waals surface area contributed by atoms with Gasteiger partial charge >= 0.3 is 0 Å². The van der Waals surface area contributed by atoms with Crippen molar-refractivity contribution >= 4 is 23.2 Å². The monoisotopic (exact) mass is 265 g/mol. The Balaban J connectivity index is 2.03. The molecule has 1 amide bonds. The number of hydrogen-bond donors (Lipinski definition) is 2. The Bertz CT molecular complexity index is 580. The lowest BCUT2D eigenvalue weighted by molar-refractivity contribution is 0.0951. The number of anilines is 1. The molecule has 0 unspecified atom stereocenters. The summed E-state index contributed by atoms with van der Waals surface area (Å²) in [7, 11) is 0. The lowest BCUT2D eigenvalue weighted by Gasteiger charge is -2.06. The van der Waals surface area contributed by atoms with Crippen molar-refractivity contribution in [3.8, 4) is 0 Å². The SMILES string of the molecule is Cc1cc(CNC(=O)c2ccc(Cl)cc2N)no1. The van der Waals surface area contributed by atoms with E-state index >= 15 is 0 Å². The van der Waals surface area contributed by atoms with Gasteiger partial charge in [0.15, 0.2) is 0 Å². The maximum Gasteiger partial charge on any atom is 0.253 e. The van der Waals surface area contributed by atoms with Crippen LogP contribution in [0.2, 0.25) is 5.02 Å². The average Bonchev–Trinajstić information content (AvgIpc) is 2.72. The zero-order chi connectivity index (χ0) is 13.1. The molecule has 6 heteroatoms. The van der Waals surface area contributed by atoms with Crippen LogP contribution in [0, 0.1) is 6.92 Å². The van der Waals surface area contributed by atoms with Crippen molar-refractivity contribution in [2.45, 2.75) is 13.5 Å². The highest BCUT2D eigenvalue weighted by Crippen LogP contribution is 2.17. The van der Waals surface area contributed by atoms with Gasteiger partial charge in [-0.2, -0.15) is 0 Å². The summed E-state index contributed by atoms with van der Waals surface area (Å²) < 4.78 is 4.90. The fraction of sp³-hybridized carbons (Fsp3) is 0.167. The first-order chi connectivity index (χ1) is 8.56. The summed E-state index contributed by atoms with van der Waals surface area (Å²) in [6.45, 7) is 2.08. The first-order valence-corrected chi connectivity index (χ1v) is 5.69. The van der Waals surface area contributed by atoms with Crippen molar-refractivity contribution < 1.29 is 9.32 Å². The van der Waals surface area contributed by atoms with E-state index in [1.165, 1.54) is 6.07 Å². The smallest absolute Gasteiger partial charge is 0.253 e. The van der Waals surface area contributed by atoms with E-state index in [1.54, 1.807) is 25.1 Å². The zero-order valence-electron chi connectivity index (χ0n) is 9.74. The third-order valence-corrected chi connectivity index (χ3v) is 2.60. The molecule has 0 aliphatic heterocycles. The molecule has 94 valence electrons. The van der Waals surface area contributed by atoms with E-state index < -0.39 is 0 Å². The van der Waals surface area contributed by atoms with Crippen LogP contribution < -0.4 is 11.1 Å². The highest BCUT2D eigenvalue weighted by Gasteiger charge is 2.10. The number of nitrogens with zero attached hydrogens (tertiary/aromatic N) is 1. The average molecular weight is 266 g/mol. The molecule has 1 heterocycles. The molecule has 0 atom stereocenters. The number of nitrogens with two attached hydrogens (primary N) is 1. The van der Waals surface area contributed by atoms with Crippen LogP contribution in [0.5, 0.6) is 0 Å². The lowest BCUT2D eigenvalue weighted by atomic mass is 10.1. The summed E-state index contributed by atoms with van der Waals surface area (Å²) in [5, 5.41) is 6.98. The number of aryl methyl sites for hydroxylation is 1. The zero-order valence-corrected chi connectivity index (χ0v) is 10.5. The molecule has 1 aromatic carbocycles. The van der Waals surface area contributed by atoms with Gasteiger partial charge in [0.05, 0.1) is 12.1 Å². The van der Waals surface area contributed by atoms with Crippen LogP contribution in [-0.4, -0.2) is 11.1 Å². The van der Waals surface area contributed by atoms with E-state index in [0.29, 0.717) is 27.7 Å². The van der Waals surface area contributed by atoms with Gasteiger partial charge in [-0.05, 0) is 25.1 Å². The Hall–Kier alpha value is -2.01. The standard InChI is InChI=1S/C12H12ClN3O2/c1-7-4-9(16-18-7)6-15-12(17)10-3-2-8(13)5-11(10)14/h2-5H,6,14H2,1H3,(H,15,17). The van der Waals surface area contributed by atoms with E-state index in [1.807, 2.05) is 0 Å². The molecule has 0 spiro atoms. The summed E-state index contributed by atoms with van der Waals surface area (Å²) in [6, 6.07) is 6.50. The molecule has 5 nitrogen and oxygen atoms in total. The van der Waals surface area contributed by atoms with Crippen LogP contribution in [0.1, 0.15) is 21.8 Å². The van der Waals surface area contributed by atoms with Crippen molar-refractivity contribution in [3.63, 3.8) is 0 Å². The number of nitrogen functional groups attached to an aromatic ring is 1. The van der Waals surface area contributed by atoms with Gasteiger partial charge in [0.1, 0.15) is 11.5 Å².